The van der Waals surface area contributed by atoms with Crippen molar-refractivity contribution in [3.63, 3.8) is 0 Å². The molecule has 92 valence electrons. The molecule has 1 aromatic heterocycles. The highest BCUT2D eigenvalue weighted by Gasteiger charge is 2.19. The van der Waals surface area contributed by atoms with Crippen LogP contribution >= 0.6 is 11.3 Å². The summed E-state index contributed by atoms with van der Waals surface area (Å²) in [6.07, 6.45) is 0. The number of hydrogen-bond acceptors (Lipinski definition) is 4. The third-order valence-corrected chi connectivity index (χ3v) is 3.91. The number of hydrogen-bond donors (Lipinski definition) is 1. The first kappa shape index (κ1) is 11.4. The number of fused-ring (bicyclic) bond motifs is 1. The van der Waals surface area contributed by atoms with Crippen LogP contribution in [0.4, 0.5) is 0 Å². The van der Waals surface area contributed by atoms with Gasteiger partial charge in [0.15, 0.2) is 0 Å². The van der Waals surface area contributed by atoms with Crippen molar-refractivity contribution in [2.75, 3.05) is 0 Å². The van der Waals surface area contributed by atoms with E-state index in [0.29, 0.717) is 6.54 Å². The Morgan fingerprint density at radius 1 is 1.33 bits per heavy atom. The van der Waals surface area contributed by atoms with Crippen LogP contribution in [0.3, 0.4) is 0 Å². The highest BCUT2D eigenvalue weighted by Crippen LogP contribution is 2.24. The molecule has 1 aromatic carbocycles. The molecule has 1 N–H and O–H groups in total. The Kier molecular flexibility index (Phi) is 2.85. The lowest BCUT2D eigenvalue weighted by Crippen LogP contribution is -2.16. The number of nitrogens with zero attached hydrogens (tertiary/aromatic N) is 2. The van der Waals surface area contributed by atoms with Crippen LogP contribution in [0.2, 0.25) is 0 Å². The fourth-order valence-electron chi connectivity index (χ4n) is 2.22. The number of carboxylic acid groups (broad SMARTS) is 1. The predicted octanol–water partition coefficient (Wildman–Crippen LogP) is 2.36. The molecule has 0 saturated heterocycles. The second-order valence-electron chi connectivity index (χ2n) is 4.36. The summed E-state index contributed by atoms with van der Waals surface area (Å²) < 4.78 is 0. The molecule has 5 heteroatoms. The van der Waals surface area contributed by atoms with Gasteiger partial charge in [-0.15, -0.1) is 11.3 Å². The van der Waals surface area contributed by atoms with Crippen molar-refractivity contribution in [1.82, 2.24) is 9.88 Å². The monoisotopic (exact) mass is 260 g/mol. The molecule has 2 heterocycles. The van der Waals surface area contributed by atoms with Gasteiger partial charge < -0.3 is 5.11 Å². The number of carboxylic acids is 1. The maximum Gasteiger partial charge on any atom is 0.365 e. The van der Waals surface area contributed by atoms with Gasteiger partial charge in [-0.25, -0.2) is 9.78 Å². The van der Waals surface area contributed by atoms with E-state index in [9.17, 15) is 4.79 Å². The third-order valence-electron chi connectivity index (χ3n) is 3.03. The van der Waals surface area contributed by atoms with Crippen LogP contribution in [0, 0.1) is 0 Å². The summed E-state index contributed by atoms with van der Waals surface area (Å²) >= 11 is 1.19. The van der Waals surface area contributed by atoms with Crippen molar-refractivity contribution in [2.24, 2.45) is 0 Å². The molecule has 0 bridgehead atoms. The van der Waals surface area contributed by atoms with E-state index in [-0.39, 0.29) is 5.01 Å². The first-order valence-electron chi connectivity index (χ1n) is 5.69. The van der Waals surface area contributed by atoms with E-state index >= 15 is 0 Å². The normalized spacial score (nSPS) is 14.7. The van der Waals surface area contributed by atoms with Crippen molar-refractivity contribution < 1.29 is 9.90 Å². The molecule has 0 spiro atoms. The highest BCUT2D eigenvalue weighted by molar-refractivity contribution is 7.11. The first-order valence-corrected chi connectivity index (χ1v) is 6.57. The topological polar surface area (TPSA) is 53.4 Å². The van der Waals surface area contributed by atoms with Gasteiger partial charge in [-0.1, -0.05) is 24.3 Å². The third kappa shape index (κ3) is 2.14. The van der Waals surface area contributed by atoms with Gasteiger partial charge >= 0.3 is 5.97 Å². The molecule has 1 aliphatic heterocycles. The molecule has 0 saturated carbocycles. The van der Waals surface area contributed by atoms with E-state index in [2.05, 4.69) is 22.0 Å². The Bertz CT molecular complexity index is 569. The van der Waals surface area contributed by atoms with Crippen molar-refractivity contribution >= 4 is 17.3 Å². The number of benzene rings is 1. The molecule has 4 nitrogen and oxygen atoms in total. The molecule has 0 radical (unpaired) electrons. The van der Waals surface area contributed by atoms with Crippen LogP contribution in [0.5, 0.6) is 0 Å². The predicted molar refractivity (Wildman–Crippen MR) is 68.5 cm³/mol. The largest absolute Gasteiger partial charge is 0.476 e. The van der Waals surface area contributed by atoms with Gasteiger partial charge in [0, 0.05) is 25.0 Å². The summed E-state index contributed by atoms with van der Waals surface area (Å²) in [5.74, 6) is -0.948. The lowest BCUT2D eigenvalue weighted by molar-refractivity contribution is 0.0696. The summed E-state index contributed by atoms with van der Waals surface area (Å²) in [4.78, 5) is 17.1. The van der Waals surface area contributed by atoms with Crippen molar-refractivity contribution in [2.45, 2.75) is 19.6 Å². The van der Waals surface area contributed by atoms with Crippen LogP contribution in [0.25, 0.3) is 0 Å². The molecule has 0 aliphatic carbocycles. The minimum atomic E-state index is -0.948. The Morgan fingerprint density at radius 2 is 2.00 bits per heavy atom. The maximum absolute atomic E-state index is 10.8. The minimum Gasteiger partial charge on any atom is -0.476 e. The van der Waals surface area contributed by atoms with E-state index in [0.717, 1.165) is 18.8 Å². The average molecular weight is 260 g/mol. The smallest absolute Gasteiger partial charge is 0.365 e. The van der Waals surface area contributed by atoms with E-state index in [4.69, 9.17) is 5.11 Å². The summed E-state index contributed by atoms with van der Waals surface area (Å²) in [7, 11) is 0. The number of aromatic carboxylic acids is 1. The second-order valence-corrected chi connectivity index (χ2v) is 5.22. The number of thiazole rings is 1. The van der Waals surface area contributed by atoms with E-state index in [1.807, 2.05) is 17.5 Å². The molecule has 0 atom stereocenters. The average Bonchev–Trinajstić information content (AvgIpc) is 2.94. The lowest BCUT2D eigenvalue weighted by Gasteiger charge is -2.12. The van der Waals surface area contributed by atoms with E-state index < -0.39 is 5.97 Å². The van der Waals surface area contributed by atoms with Gasteiger partial charge in [-0.2, -0.15) is 0 Å². The summed E-state index contributed by atoms with van der Waals surface area (Å²) in [5, 5.41) is 10.8. The van der Waals surface area contributed by atoms with Crippen LogP contribution in [-0.2, 0) is 19.6 Å². The van der Waals surface area contributed by atoms with Gasteiger partial charge in [-0.05, 0) is 11.1 Å². The van der Waals surface area contributed by atoms with Gasteiger partial charge in [0.2, 0.25) is 5.01 Å². The Labute approximate surface area is 109 Å². The fraction of sp³-hybridized carbons (Fsp3) is 0.231. The molecule has 0 amide bonds. The van der Waals surface area contributed by atoms with E-state index in [1.54, 1.807) is 0 Å². The van der Waals surface area contributed by atoms with Crippen LogP contribution in [-0.4, -0.2) is 21.0 Å². The SMILES string of the molecule is O=C(O)c1nc(CN2Cc3ccccc3C2)cs1. The zero-order valence-electron chi connectivity index (χ0n) is 9.67. The molecule has 18 heavy (non-hydrogen) atoms. The Hall–Kier alpha value is -1.72. The van der Waals surface area contributed by atoms with Gasteiger partial charge in [0.05, 0.1) is 5.69 Å². The maximum atomic E-state index is 10.8. The first-order chi connectivity index (χ1) is 8.72. The lowest BCUT2D eigenvalue weighted by atomic mass is 10.1. The van der Waals surface area contributed by atoms with Crippen LogP contribution in [0.1, 0.15) is 26.6 Å². The number of carbonyl (C=O) groups is 1. The zero-order valence-corrected chi connectivity index (χ0v) is 10.5. The van der Waals surface area contributed by atoms with Crippen molar-refractivity contribution in [3.8, 4) is 0 Å². The summed E-state index contributed by atoms with van der Waals surface area (Å²) in [6.45, 7) is 2.53. The van der Waals surface area contributed by atoms with Gasteiger partial charge in [0.1, 0.15) is 0 Å². The molecular weight excluding hydrogens is 248 g/mol. The number of aromatic nitrogens is 1. The molecule has 0 fully saturated rings. The van der Waals surface area contributed by atoms with Gasteiger partial charge in [-0.3, -0.25) is 4.90 Å². The Balaban J connectivity index is 1.70. The molecule has 0 unspecified atom stereocenters. The fourth-order valence-corrected chi connectivity index (χ4v) is 2.87. The van der Waals surface area contributed by atoms with E-state index in [1.165, 1.54) is 22.5 Å². The van der Waals surface area contributed by atoms with Gasteiger partial charge in [0.25, 0.3) is 0 Å². The number of rotatable bonds is 3. The van der Waals surface area contributed by atoms with Crippen LogP contribution < -0.4 is 0 Å². The highest BCUT2D eigenvalue weighted by atomic mass is 32.1. The second kappa shape index (κ2) is 4.51. The quantitative estimate of drug-likeness (QED) is 0.920. The van der Waals surface area contributed by atoms with Crippen molar-refractivity contribution in [1.29, 1.82) is 0 Å². The standard InChI is InChI=1S/C13H12N2O2S/c16-13(17)12-14-11(8-18-12)7-15-5-9-3-1-2-4-10(9)6-15/h1-4,8H,5-7H2,(H,16,17). The molecule has 3 rings (SSSR count). The molecule has 2 aromatic rings. The summed E-state index contributed by atoms with van der Waals surface area (Å²) in [6, 6.07) is 8.37. The molecule has 1 aliphatic rings. The Morgan fingerprint density at radius 3 is 2.56 bits per heavy atom. The summed E-state index contributed by atoms with van der Waals surface area (Å²) in [5.41, 5.74) is 3.54. The zero-order chi connectivity index (χ0) is 12.5. The minimum absolute atomic E-state index is 0.168. The van der Waals surface area contributed by atoms with Crippen molar-refractivity contribution in [3.05, 3.63) is 51.5 Å². The van der Waals surface area contributed by atoms with Crippen LogP contribution in [0.15, 0.2) is 29.6 Å². The molecular formula is C13H12N2O2S.